The number of nitrogens with one attached hydrogen (secondary N) is 1. The molecule has 0 radical (unpaired) electrons. The maximum Gasteiger partial charge on any atom is 0.262 e. The van der Waals surface area contributed by atoms with Crippen LogP contribution < -0.4 is 10.1 Å². The molecule has 0 aromatic heterocycles. The second-order valence-corrected chi connectivity index (χ2v) is 8.27. The number of amides is 1. The average molecular weight is 358 g/mol. The molecule has 2 aromatic carbocycles. The number of carbonyl (C=O) groups is 1. The lowest BCUT2D eigenvalue weighted by Crippen LogP contribution is -2.31. The van der Waals surface area contributed by atoms with Crippen LogP contribution in [0.2, 0.25) is 0 Å². The zero-order valence-electron chi connectivity index (χ0n) is 13.7. The Morgan fingerprint density at radius 2 is 2.00 bits per heavy atom. The Morgan fingerprint density at radius 3 is 2.84 bits per heavy atom. The number of carbonyl (C=O) groups excluding carboxylic acids is 1. The zero-order chi connectivity index (χ0) is 17.6. The van der Waals surface area contributed by atoms with Crippen molar-refractivity contribution < 1.29 is 17.9 Å². The van der Waals surface area contributed by atoms with Gasteiger partial charge in [0.2, 0.25) is 10.0 Å². The number of hydrogen-bond donors (Lipinski definition) is 1. The maximum atomic E-state index is 13.1. The second kappa shape index (κ2) is 5.86. The SMILES string of the molecule is CN(C1CCc2ccccc21)S(=O)(=O)c1ccc2c(c1)NC(=O)CO2. The molecule has 0 spiro atoms. The van der Waals surface area contributed by atoms with Crippen molar-refractivity contribution in [3.8, 4) is 5.75 Å². The van der Waals surface area contributed by atoms with Gasteiger partial charge in [-0.25, -0.2) is 8.42 Å². The molecule has 2 aromatic rings. The van der Waals surface area contributed by atoms with Crippen molar-refractivity contribution in [1.29, 1.82) is 0 Å². The second-order valence-electron chi connectivity index (χ2n) is 6.27. The molecule has 1 N–H and O–H groups in total. The lowest BCUT2D eigenvalue weighted by molar-refractivity contribution is -0.118. The van der Waals surface area contributed by atoms with Gasteiger partial charge < -0.3 is 10.1 Å². The molecule has 1 aliphatic heterocycles. The Morgan fingerprint density at radius 1 is 1.20 bits per heavy atom. The van der Waals surface area contributed by atoms with Crippen LogP contribution in [-0.2, 0) is 21.2 Å². The molecule has 0 fully saturated rings. The summed E-state index contributed by atoms with van der Waals surface area (Å²) >= 11 is 0. The molecular formula is C18H18N2O4S. The van der Waals surface area contributed by atoms with Gasteiger partial charge in [0.05, 0.1) is 16.6 Å². The number of benzene rings is 2. The van der Waals surface area contributed by atoms with Gasteiger partial charge in [-0.05, 0) is 42.2 Å². The van der Waals surface area contributed by atoms with Crippen LogP contribution in [0, 0.1) is 0 Å². The largest absolute Gasteiger partial charge is 0.482 e. The minimum Gasteiger partial charge on any atom is -0.482 e. The fourth-order valence-corrected chi connectivity index (χ4v) is 4.86. The van der Waals surface area contributed by atoms with Gasteiger partial charge in [-0.15, -0.1) is 0 Å². The molecule has 1 heterocycles. The van der Waals surface area contributed by atoms with E-state index in [2.05, 4.69) is 5.32 Å². The molecule has 130 valence electrons. The first-order valence-electron chi connectivity index (χ1n) is 8.09. The first-order valence-corrected chi connectivity index (χ1v) is 9.53. The Kier molecular flexibility index (Phi) is 3.77. The molecular weight excluding hydrogens is 340 g/mol. The third kappa shape index (κ3) is 2.69. The van der Waals surface area contributed by atoms with Crippen molar-refractivity contribution in [2.75, 3.05) is 19.0 Å². The minimum absolute atomic E-state index is 0.0577. The number of anilines is 1. The summed E-state index contributed by atoms with van der Waals surface area (Å²) in [4.78, 5) is 11.6. The number of fused-ring (bicyclic) bond motifs is 2. The van der Waals surface area contributed by atoms with Crippen molar-refractivity contribution in [3.63, 3.8) is 0 Å². The van der Waals surface area contributed by atoms with Gasteiger partial charge in [-0.2, -0.15) is 4.31 Å². The van der Waals surface area contributed by atoms with Crippen molar-refractivity contribution >= 4 is 21.6 Å². The van der Waals surface area contributed by atoms with Gasteiger partial charge in [0.25, 0.3) is 5.91 Å². The van der Waals surface area contributed by atoms with E-state index < -0.39 is 10.0 Å². The summed E-state index contributed by atoms with van der Waals surface area (Å²) in [7, 11) is -2.08. The van der Waals surface area contributed by atoms with Gasteiger partial charge in [-0.1, -0.05) is 24.3 Å². The van der Waals surface area contributed by atoms with Crippen LogP contribution in [0.4, 0.5) is 5.69 Å². The summed E-state index contributed by atoms with van der Waals surface area (Å²) in [6.07, 6.45) is 1.63. The summed E-state index contributed by atoms with van der Waals surface area (Å²) in [5, 5.41) is 2.65. The highest BCUT2D eigenvalue weighted by Gasteiger charge is 2.34. The first-order chi connectivity index (χ1) is 12.0. The minimum atomic E-state index is -3.69. The van der Waals surface area contributed by atoms with Gasteiger partial charge in [0, 0.05) is 7.05 Å². The van der Waals surface area contributed by atoms with E-state index in [1.165, 1.54) is 22.0 Å². The molecule has 1 unspecified atom stereocenters. The number of nitrogens with zero attached hydrogens (tertiary/aromatic N) is 1. The topological polar surface area (TPSA) is 75.7 Å². The number of sulfonamides is 1. The normalized spacial score (nSPS) is 19.1. The number of rotatable bonds is 3. The Bertz CT molecular complexity index is 955. The molecule has 1 atom stereocenters. The third-order valence-electron chi connectivity index (χ3n) is 4.80. The number of ether oxygens (including phenoxy) is 1. The van der Waals surface area contributed by atoms with Crippen LogP contribution in [0.5, 0.6) is 5.75 Å². The van der Waals surface area contributed by atoms with E-state index in [0.29, 0.717) is 11.4 Å². The van der Waals surface area contributed by atoms with Gasteiger partial charge in [-0.3, -0.25) is 4.79 Å². The molecule has 7 heteroatoms. The van der Waals surface area contributed by atoms with Crippen LogP contribution >= 0.6 is 0 Å². The van der Waals surface area contributed by atoms with E-state index in [1.807, 2.05) is 24.3 Å². The smallest absolute Gasteiger partial charge is 0.262 e. The third-order valence-corrected chi connectivity index (χ3v) is 6.66. The highest BCUT2D eigenvalue weighted by atomic mass is 32.2. The lowest BCUT2D eigenvalue weighted by Gasteiger charge is -2.26. The fourth-order valence-electron chi connectivity index (χ4n) is 3.47. The molecule has 2 aliphatic rings. The Hall–Kier alpha value is -2.38. The lowest BCUT2D eigenvalue weighted by atomic mass is 10.1. The Balaban J connectivity index is 1.68. The van der Waals surface area contributed by atoms with E-state index in [4.69, 9.17) is 4.74 Å². The predicted molar refractivity (Wildman–Crippen MR) is 93.0 cm³/mol. The summed E-state index contributed by atoms with van der Waals surface area (Å²) in [6.45, 7) is -0.0577. The summed E-state index contributed by atoms with van der Waals surface area (Å²) in [6, 6.07) is 12.3. The molecule has 1 amide bonds. The van der Waals surface area contributed by atoms with Gasteiger partial charge in [0.1, 0.15) is 5.75 Å². The van der Waals surface area contributed by atoms with Crippen molar-refractivity contribution in [3.05, 3.63) is 53.6 Å². The van der Waals surface area contributed by atoms with E-state index in [0.717, 1.165) is 18.4 Å². The molecule has 0 saturated carbocycles. The van der Waals surface area contributed by atoms with E-state index in [-0.39, 0.29) is 23.5 Å². The molecule has 0 saturated heterocycles. The van der Waals surface area contributed by atoms with Gasteiger partial charge >= 0.3 is 0 Å². The highest BCUT2D eigenvalue weighted by molar-refractivity contribution is 7.89. The average Bonchev–Trinajstić information content (AvgIpc) is 3.04. The standard InChI is InChI=1S/C18H18N2O4S/c1-20(16-8-6-12-4-2-3-5-14(12)16)25(22,23)13-7-9-17-15(10-13)19-18(21)11-24-17/h2-5,7,9-10,16H,6,8,11H2,1H3,(H,19,21). The van der Waals surface area contributed by atoms with Crippen LogP contribution in [0.25, 0.3) is 0 Å². The molecule has 0 bridgehead atoms. The summed E-state index contributed by atoms with van der Waals surface area (Å²) in [5.41, 5.74) is 2.64. The monoisotopic (exact) mass is 358 g/mol. The quantitative estimate of drug-likeness (QED) is 0.914. The first kappa shape index (κ1) is 16.1. The number of aryl methyl sites for hydroxylation is 1. The highest BCUT2D eigenvalue weighted by Crippen LogP contribution is 2.38. The van der Waals surface area contributed by atoms with Crippen LogP contribution in [0.1, 0.15) is 23.6 Å². The van der Waals surface area contributed by atoms with Crippen LogP contribution in [-0.4, -0.2) is 32.3 Å². The van der Waals surface area contributed by atoms with Crippen molar-refractivity contribution in [2.24, 2.45) is 0 Å². The molecule has 4 rings (SSSR count). The van der Waals surface area contributed by atoms with Crippen LogP contribution in [0.15, 0.2) is 47.4 Å². The van der Waals surface area contributed by atoms with Crippen molar-refractivity contribution in [2.45, 2.75) is 23.8 Å². The van der Waals surface area contributed by atoms with Crippen molar-refractivity contribution in [1.82, 2.24) is 4.31 Å². The van der Waals surface area contributed by atoms with E-state index in [1.54, 1.807) is 13.1 Å². The van der Waals surface area contributed by atoms with E-state index in [9.17, 15) is 13.2 Å². The zero-order valence-corrected chi connectivity index (χ0v) is 14.5. The number of hydrogen-bond acceptors (Lipinski definition) is 4. The van der Waals surface area contributed by atoms with Gasteiger partial charge in [0.15, 0.2) is 6.61 Å². The predicted octanol–water partition coefficient (Wildman–Crippen LogP) is 2.33. The summed E-state index contributed by atoms with van der Waals surface area (Å²) in [5.74, 6) is 0.188. The molecule has 6 nitrogen and oxygen atoms in total. The Labute approximate surface area is 146 Å². The molecule has 25 heavy (non-hydrogen) atoms. The fraction of sp³-hybridized carbons (Fsp3) is 0.278. The summed E-state index contributed by atoms with van der Waals surface area (Å²) < 4.78 is 32.8. The van der Waals surface area contributed by atoms with Crippen LogP contribution in [0.3, 0.4) is 0 Å². The van der Waals surface area contributed by atoms with E-state index >= 15 is 0 Å². The maximum absolute atomic E-state index is 13.1. The molecule has 1 aliphatic carbocycles.